The first-order valence-electron chi connectivity index (χ1n) is 12.9. The van der Waals surface area contributed by atoms with E-state index in [0.717, 1.165) is 55.6 Å². The summed E-state index contributed by atoms with van der Waals surface area (Å²) in [6.45, 7) is 1.11. The Kier molecular flexibility index (Phi) is 6.47. The monoisotopic (exact) mass is 512 g/mol. The highest BCUT2D eigenvalue weighted by Gasteiger charge is 2.17. The molecule has 5 aromatic carbocycles. The first kappa shape index (κ1) is 24.3. The van der Waals surface area contributed by atoms with E-state index < -0.39 is 5.91 Å². The van der Waals surface area contributed by atoms with E-state index >= 15 is 0 Å². The number of amides is 1. The number of nitrogens with zero attached hydrogens (tertiary/aromatic N) is 1. The van der Waals surface area contributed by atoms with Gasteiger partial charge in [0.05, 0.1) is 18.1 Å². The molecule has 0 radical (unpaired) electrons. The zero-order valence-corrected chi connectivity index (χ0v) is 21.6. The third-order valence-corrected chi connectivity index (χ3v) is 7.07. The third kappa shape index (κ3) is 4.82. The van der Waals surface area contributed by atoms with Crippen LogP contribution in [0.5, 0.6) is 11.5 Å². The Morgan fingerprint density at radius 1 is 0.718 bits per heavy atom. The molecule has 0 atom stereocenters. The smallest absolute Gasteiger partial charge is 0.249 e. The van der Waals surface area contributed by atoms with Gasteiger partial charge >= 0.3 is 0 Å². The highest BCUT2D eigenvalue weighted by atomic mass is 16.5. The topological polar surface area (TPSA) is 66.5 Å². The fourth-order valence-electron chi connectivity index (χ4n) is 5.14. The number of ether oxygens (including phenoxy) is 2. The lowest BCUT2D eigenvalue weighted by Crippen LogP contribution is -2.11. The summed E-state index contributed by atoms with van der Waals surface area (Å²) in [5, 5.41) is 1.87. The van der Waals surface area contributed by atoms with Crippen LogP contribution in [0.15, 0.2) is 115 Å². The molecule has 6 rings (SSSR count). The Morgan fingerprint density at radius 3 is 2.23 bits per heavy atom. The van der Waals surface area contributed by atoms with Gasteiger partial charge < -0.3 is 19.8 Å². The second-order valence-corrected chi connectivity index (χ2v) is 9.53. The van der Waals surface area contributed by atoms with Gasteiger partial charge in [-0.05, 0) is 64.7 Å². The van der Waals surface area contributed by atoms with E-state index in [1.54, 1.807) is 13.2 Å². The quantitative estimate of drug-likeness (QED) is 0.235. The summed E-state index contributed by atoms with van der Waals surface area (Å²) in [4.78, 5) is 12.4. The predicted octanol–water partition coefficient (Wildman–Crippen LogP) is 7.20. The highest BCUT2D eigenvalue weighted by Crippen LogP contribution is 2.35. The van der Waals surface area contributed by atoms with Crippen LogP contribution in [0.4, 0.5) is 0 Å². The van der Waals surface area contributed by atoms with Crippen molar-refractivity contribution in [3.8, 4) is 22.6 Å². The van der Waals surface area contributed by atoms with Crippen molar-refractivity contribution < 1.29 is 14.3 Å². The number of fused-ring (bicyclic) bond motifs is 3. The third-order valence-electron chi connectivity index (χ3n) is 7.07. The van der Waals surface area contributed by atoms with Gasteiger partial charge in [-0.3, -0.25) is 4.79 Å². The van der Waals surface area contributed by atoms with Crippen LogP contribution in [0.3, 0.4) is 0 Å². The maximum absolute atomic E-state index is 12.4. The number of methoxy groups -OCH3 is 1. The number of carbonyl (C=O) groups excluding carboxylic acids is 1. The minimum atomic E-state index is -0.435. The number of nitrogens with two attached hydrogens (primary N) is 1. The van der Waals surface area contributed by atoms with E-state index in [0.29, 0.717) is 18.7 Å². The molecule has 0 aliphatic carbocycles. The van der Waals surface area contributed by atoms with Crippen molar-refractivity contribution in [3.63, 3.8) is 0 Å². The SMILES string of the molecule is COc1ccc(-c2ccc3c4c(C(N)=O)cccc4n(Cc4cccc(OCc5ccccc5)c4)c3c2)cc1. The van der Waals surface area contributed by atoms with Crippen LogP contribution >= 0.6 is 0 Å². The van der Waals surface area contributed by atoms with Crippen molar-refractivity contribution in [1.29, 1.82) is 0 Å². The van der Waals surface area contributed by atoms with Crippen molar-refractivity contribution in [3.05, 3.63) is 132 Å². The minimum absolute atomic E-state index is 0.435. The molecule has 5 nitrogen and oxygen atoms in total. The van der Waals surface area contributed by atoms with Crippen LogP contribution in [0.1, 0.15) is 21.5 Å². The summed E-state index contributed by atoms with van der Waals surface area (Å²) >= 11 is 0. The highest BCUT2D eigenvalue weighted by molar-refractivity contribution is 6.18. The maximum atomic E-state index is 12.4. The molecule has 1 amide bonds. The van der Waals surface area contributed by atoms with Crippen molar-refractivity contribution in [1.82, 2.24) is 4.57 Å². The molecule has 0 saturated heterocycles. The Hall–Kier alpha value is -5.03. The van der Waals surface area contributed by atoms with Gasteiger partial charge in [0.25, 0.3) is 0 Å². The van der Waals surface area contributed by atoms with Gasteiger partial charge in [-0.15, -0.1) is 0 Å². The fraction of sp³-hybridized carbons (Fsp3) is 0.0882. The lowest BCUT2D eigenvalue weighted by molar-refractivity contribution is 0.100. The van der Waals surface area contributed by atoms with Gasteiger partial charge in [0.15, 0.2) is 0 Å². The number of primary amides is 1. The Bertz CT molecular complexity index is 1790. The first-order chi connectivity index (χ1) is 19.1. The van der Waals surface area contributed by atoms with Crippen LogP contribution in [0.25, 0.3) is 32.9 Å². The molecule has 0 aliphatic heterocycles. The van der Waals surface area contributed by atoms with E-state index in [9.17, 15) is 4.79 Å². The van der Waals surface area contributed by atoms with Crippen LogP contribution in [0, 0.1) is 0 Å². The summed E-state index contributed by atoms with van der Waals surface area (Å²) in [6, 6.07) is 38.4. The van der Waals surface area contributed by atoms with Crippen molar-refractivity contribution in [2.75, 3.05) is 7.11 Å². The standard InChI is InChI=1S/C34H28N2O3/c1-38-27-16-13-25(14-17-27)26-15-18-29-32(20-26)36(31-12-6-11-30(33(29)31)34(35)37)21-24-9-5-10-28(19-24)39-22-23-7-3-2-4-8-23/h2-20H,21-22H2,1H3,(H2,35,37). The van der Waals surface area contributed by atoms with E-state index in [4.69, 9.17) is 15.2 Å². The molecule has 0 aliphatic rings. The van der Waals surface area contributed by atoms with Gasteiger partial charge in [0, 0.05) is 22.9 Å². The van der Waals surface area contributed by atoms with Gasteiger partial charge in [-0.25, -0.2) is 0 Å². The Balaban J connectivity index is 1.43. The predicted molar refractivity (Wildman–Crippen MR) is 156 cm³/mol. The van der Waals surface area contributed by atoms with E-state index in [-0.39, 0.29) is 0 Å². The molecule has 1 heterocycles. The van der Waals surface area contributed by atoms with E-state index in [1.165, 1.54) is 0 Å². The summed E-state index contributed by atoms with van der Waals surface area (Å²) in [6.07, 6.45) is 0. The van der Waals surface area contributed by atoms with E-state index in [1.807, 2.05) is 54.6 Å². The Morgan fingerprint density at radius 2 is 1.46 bits per heavy atom. The molecule has 5 heteroatoms. The average Bonchev–Trinajstić information content (AvgIpc) is 3.29. The lowest BCUT2D eigenvalue weighted by Gasteiger charge is -2.12. The average molecular weight is 513 g/mol. The number of carbonyl (C=O) groups is 1. The summed E-state index contributed by atoms with van der Waals surface area (Å²) in [5.74, 6) is 1.19. The molecule has 0 bridgehead atoms. The number of aromatic nitrogens is 1. The maximum Gasteiger partial charge on any atom is 0.249 e. The minimum Gasteiger partial charge on any atom is -0.497 e. The molecular formula is C34H28N2O3. The van der Waals surface area contributed by atoms with Gasteiger partial charge in [0.2, 0.25) is 5.91 Å². The first-order valence-corrected chi connectivity index (χ1v) is 12.9. The number of benzene rings is 5. The largest absolute Gasteiger partial charge is 0.497 e. The molecule has 192 valence electrons. The second kappa shape index (κ2) is 10.4. The van der Waals surface area contributed by atoms with Gasteiger partial charge in [0.1, 0.15) is 18.1 Å². The molecule has 0 unspecified atom stereocenters. The molecule has 1 aromatic heterocycles. The van der Waals surface area contributed by atoms with Crippen LogP contribution in [-0.2, 0) is 13.2 Å². The van der Waals surface area contributed by atoms with Crippen molar-refractivity contribution in [2.24, 2.45) is 5.73 Å². The number of rotatable bonds is 8. The van der Waals surface area contributed by atoms with Crippen molar-refractivity contribution >= 4 is 27.7 Å². The molecular weight excluding hydrogens is 484 g/mol. The van der Waals surface area contributed by atoms with Crippen LogP contribution < -0.4 is 15.2 Å². The zero-order chi connectivity index (χ0) is 26.8. The lowest BCUT2D eigenvalue weighted by atomic mass is 10.0. The van der Waals surface area contributed by atoms with Crippen molar-refractivity contribution in [2.45, 2.75) is 13.2 Å². The fourth-order valence-corrected chi connectivity index (χ4v) is 5.14. The molecule has 0 saturated carbocycles. The number of hydrogen-bond donors (Lipinski definition) is 1. The summed E-state index contributed by atoms with van der Waals surface area (Å²) in [5.41, 5.74) is 12.7. The van der Waals surface area contributed by atoms with Crippen LogP contribution in [0.2, 0.25) is 0 Å². The molecule has 2 N–H and O–H groups in total. The normalized spacial score (nSPS) is 11.1. The van der Waals surface area contributed by atoms with Crippen LogP contribution in [-0.4, -0.2) is 17.6 Å². The van der Waals surface area contributed by atoms with Gasteiger partial charge in [-0.1, -0.05) is 72.8 Å². The van der Waals surface area contributed by atoms with E-state index in [2.05, 4.69) is 59.2 Å². The number of hydrogen-bond acceptors (Lipinski definition) is 3. The molecule has 39 heavy (non-hydrogen) atoms. The zero-order valence-electron chi connectivity index (χ0n) is 21.6. The Labute approximate surface area is 227 Å². The molecule has 0 spiro atoms. The molecule has 6 aromatic rings. The van der Waals surface area contributed by atoms with Gasteiger partial charge in [-0.2, -0.15) is 0 Å². The summed E-state index contributed by atoms with van der Waals surface area (Å²) < 4.78 is 13.7. The second-order valence-electron chi connectivity index (χ2n) is 9.53. The molecule has 0 fully saturated rings. The summed E-state index contributed by atoms with van der Waals surface area (Å²) in [7, 11) is 1.66.